The summed E-state index contributed by atoms with van der Waals surface area (Å²) in [6, 6.07) is 0. The minimum absolute atomic E-state index is 0.772. The summed E-state index contributed by atoms with van der Waals surface area (Å²) >= 11 is 0. The van der Waals surface area contributed by atoms with E-state index in [0.717, 1.165) is 32.5 Å². The lowest BCUT2D eigenvalue weighted by Gasteiger charge is -2.00. The molecular weight excluding hydrogens is 172 g/mol. The van der Waals surface area contributed by atoms with Crippen molar-refractivity contribution in [2.24, 2.45) is 0 Å². The third kappa shape index (κ3) is 9.53. The summed E-state index contributed by atoms with van der Waals surface area (Å²) in [6.45, 7) is 10.2. The van der Waals surface area contributed by atoms with Gasteiger partial charge in [0.15, 0.2) is 0 Å². The molecule has 0 aliphatic carbocycles. The third-order valence-electron chi connectivity index (χ3n) is 1.99. The second-order valence-electron chi connectivity index (χ2n) is 3.95. The molecule has 0 atom stereocenters. The molecule has 1 nitrogen and oxygen atoms in total. The van der Waals surface area contributed by atoms with Crippen LogP contribution in [0.25, 0.3) is 0 Å². The van der Waals surface area contributed by atoms with Crippen LogP contribution in [0.1, 0.15) is 47.0 Å². The highest BCUT2D eigenvalue weighted by atomic mass is 16.5. The Morgan fingerprint density at radius 1 is 1.14 bits per heavy atom. The van der Waals surface area contributed by atoms with Crippen LogP contribution in [-0.4, -0.2) is 13.2 Å². The zero-order valence-corrected chi connectivity index (χ0v) is 10.1. The van der Waals surface area contributed by atoms with Crippen molar-refractivity contribution in [3.63, 3.8) is 0 Å². The number of rotatable bonds is 7. The molecule has 82 valence electrons. The third-order valence-corrected chi connectivity index (χ3v) is 1.99. The Hall–Kier alpha value is -0.560. The zero-order chi connectivity index (χ0) is 10.8. The predicted octanol–water partition coefficient (Wildman–Crippen LogP) is 4.11. The molecule has 0 aromatic carbocycles. The van der Waals surface area contributed by atoms with Crippen molar-refractivity contribution >= 4 is 0 Å². The monoisotopic (exact) mass is 196 g/mol. The second kappa shape index (κ2) is 9.01. The first-order valence-corrected chi connectivity index (χ1v) is 5.53. The quantitative estimate of drug-likeness (QED) is 0.440. The van der Waals surface area contributed by atoms with E-state index in [1.807, 2.05) is 0 Å². The van der Waals surface area contributed by atoms with Gasteiger partial charge in [0.2, 0.25) is 0 Å². The summed E-state index contributed by atoms with van der Waals surface area (Å²) in [5, 5.41) is 0. The summed E-state index contributed by atoms with van der Waals surface area (Å²) in [5.41, 5.74) is 2.83. The van der Waals surface area contributed by atoms with Crippen molar-refractivity contribution in [2.75, 3.05) is 13.2 Å². The standard InChI is InChI=1S/C13H24O/c1-5-10-14-11-9-13(4)8-6-7-12(2)3/h7,9H,5-6,8,10-11H2,1-4H3/b13-9+. The molecule has 14 heavy (non-hydrogen) atoms. The van der Waals surface area contributed by atoms with Crippen molar-refractivity contribution < 1.29 is 4.74 Å². The minimum Gasteiger partial charge on any atom is -0.377 e. The smallest absolute Gasteiger partial charge is 0.0649 e. The van der Waals surface area contributed by atoms with Gasteiger partial charge in [0, 0.05) is 6.61 Å². The van der Waals surface area contributed by atoms with E-state index in [1.165, 1.54) is 11.1 Å². The van der Waals surface area contributed by atoms with Crippen LogP contribution in [-0.2, 0) is 4.74 Å². The van der Waals surface area contributed by atoms with Crippen molar-refractivity contribution in [1.82, 2.24) is 0 Å². The van der Waals surface area contributed by atoms with Gasteiger partial charge in [-0.3, -0.25) is 0 Å². The average molecular weight is 196 g/mol. The van der Waals surface area contributed by atoms with E-state index in [0.29, 0.717) is 0 Å². The predicted molar refractivity (Wildman–Crippen MR) is 63.5 cm³/mol. The highest BCUT2D eigenvalue weighted by Crippen LogP contribution is 2.06. The maximum absolute atomic E-state index is 5.39. The van der Waals surface area contributed by atoms with Crippen molar-refractivity contribution in [3.05, 3.63) is 23.3 Å². The molecule has 0 aliphatic rings. The van der Waals surface area contributed by atoms with Crippen molar-refractivity contribution in [3.8, 4) is 0 Å². The van der Waals surface area contributed by atoms with E-state index in [2.05, 4.69) is 39.8 Å². The van der Waals surface area contributed by atoms with Crippen molar-refractivity contribution in [1.29, 1.82) is 0 Å². The molecule has 0 amide bonds. The molecule has 0 bridgehead atoms. The Bertz CT molecular complexity index is 185. The molecule has 0 N–H and O–H groups in total. The fraction of sp³-hybridized carbons (Fsp3) is 0.692. The Balaban J connectivity index is 3.52. The van der Waals surface area contributed by atoms with E-state index >= 15 is 0 Å². The van der Waals surface area contributed by atoms with Gasteiger partial charge in [-0.25, -0.2) is 0 Å². The number of hydrogen-bond donors (Lipinski definition) is 0. The normalized spacial score (nSPS) is 11.6. The van der Waals surface area contributed by atoms with Gasteiger partial charge < -0.3 is 4.74 Å². The Morgan fingerprint density at radius 2 is 1.86 bits per heavy atom. The van der Waals surface area contributed by atoms with Crippen LogP contribution in [0.2, 0.25) is 0 Å². The van der Waals surface area contributed by atoms with E-state index in [-0.39, 0.29) is 0 Å². The van der Waals surface area contributed by atoms with Crippen molar-refractivity contribution in [2.45, 2.75) is 47.0 Å². The number of hydrogen-bond acceptors (Lipinski definition) is 1. The summed E-state index contributed by atoms with van der Waals surface area (Å²) in [4.78, 5) is 0. The molecule has 0 radical (unpaired) electrons. The van der Waals surface area contributed by atoms with E-state index in [9.17, 15) is 0 Å². The summed E-state index contributed by atoms with van der Waals surface area (Å²) in [6.07, 6.45) is 7.88. The first kappa shape index (κ1) is 13.4. The summed E-state index contributed by atoms with van der Waals surface area (Å²) < 4.78 is 5.39. The zero-order valence-electron chi connectivity index (χ0n) is 10.1. The lowest BCUT2D eigenvalue weighted by molar-refractivity contribution is 0.162. The van der Waals surface area contributed by atoms with Gasteiger partial charge in [-0.15, -0.1) is 0 Å². The van der Waals surface area contributed by atoms with E-state index in [1.54, 1.807) is 0 Å². The molecular formula is C13H24O. The van der Waals surface area contributed by atoms with Crippen LogP contribution >= 0.6 is 0 Å². The molecule has 0 saturated carbocycles. The highest BCUT2D eigenvalue weighted by molar-refractivity contribution is 5.02. The van der Waals surface area contributed by atoms with Gasteiger partial charge in [0.25, 0.3) is 0 Å². The van der Waals surface area contributed by atoms with Gasteiger partial charge in [-0.05, 0) is 40.0 Å². The molecule has 0 aliphatic heterocycles. The first-order chi connectivity index (χ1) is 6.66. The van der Waals surface area contributed by atoms with E-state index in [4.69, 9.17) is 4.74 Å². The maximum Gasteiger partial charge on any atom is 0.0649 e. The maximum atomic E-state index is 5.39. The molecule has 0 saturated heterocycles. The molecule has 0 spiro atoms. The second-order valence-corrected chi connectivity index (χ2v) is 3.95. The summed E-state index contributed by atoms with van der Waals surface area (Å²) in [5.74, 6) is 0. The molecule has 0 aromatic heterocycles. The fourth-order valence-corrected chi connectivity index (χ4v) is 1.12. The Kier molecular flexibility index (Phi) is 8.65. The Labute approximate surface area is 88.9 Å². The van der Waals surface area contributed by atoms with Crippen LogP contribution in [0.15, 0.2) is 23.3 Å². The van der Waals surface area contributed by atoms with Gasteiger partial charge in [-0.1, -0.05) is 30.2 Å². The first-order valence-electron chi connectivity index (χ1n) is 5.53. The van der Waals surface area contributed by atoms with Crippen LogP contribution in [0.4, 0.5) is 0 Å². The largest absolute Gasteiger partial charge is 0.377 e. The van der Waals surface area contributed by atoms with Gasteiger partial charge in [-0.2, -0.15) is 0 Å². The fourth-order valence-electron chi connectivity index (χ4n) is 1.12. The molecule has 0 unspecified atom stereocenters. The molecule has 0 aromatic rings. The van der Waals surface area contributed by atoms with Crippen LogP contribution in [0.5, 0.6) is 0 Å². The molecule has 0 heterocycles. The van der Waals surface area contributed by atoms with Crippen LogP contribution in [0, 0.1) is 0 Å². The molecule has 0 rings (SSSR count). The lowest BCUT2D eigenvalue weighted by Crippen LogP contribution is -1.93. The molecule has 0 fully saturated rings. The van der Waals surface area contributed by atoms with E-state index < -0.39 is 0 Å². The van der Waals surface area contributed by atoms with Crippen LogP contribution < -0.4 is 0 Å². The SMILES string of the molecule is CCCOC/C=C(\C)CCC=C(C)C. The Morgan fingerprint density at radius 3 is 2.43 bits per heavy atom. The minimum atomic E-state index is 0.772. The van der Waals surface area contributed by atoms with Crippen LogP contribution in [0.3, 0.4) is 0 Å². The topological polar surface area (TPSA) is 9.23 Å². The highest BCUT2D eigenvalue weighted by Gasteiger charge is 1.88. The van der Waals surface area contributed by atoms with Gasteiger partial charge in [0.1, 0.15) is 0 Å². The number of allylic oxidation sites excluding steroid dienone is 3. The summed E-state index contributed by atoms with van der Waals surface area (Å²) in [7, 11) is 0. The van der Waals surface area contributed by atoms with Gasteiger partial charge >= 0.3 is 0 Å². The average Bonchev–Trinajstić information content (AvgIpc) is 2.12. The molecule has 1 heteroatoms. The lowest BCUT2D eigenvalue weighted by atomic mass is 10.1. The number of ether oxygens (including phenoxy) is 1. The van der Waals surface area contributed by atoms with Gasteiger partial charge in [0.05, 0.1) is 6.61 Å².